The lowest BCUT2D eigenvalue weighted by molar-refractivity contribution is -0.113. The first-order valence-corrected chi connectivity index (χ1v) is 10.4. The van der Waals surface area contributed by atoms with E-state index in [0.29, 0.717) is 5.75 Å². The smallest absolute Gasteiger partial charge is 0.234 e. The van der Waals surface area contributed by atoms with Crippen molar-refractivity contribution in [2.45, 2.75) is 24.4 Å². The first kappa shape index (κ1) is 15.8. The predicted molar refractivity (Wildman–Crippen MR) is 106 cm³/mol. The van der Waals surface area contributed by atoms with Crippen LogP contribution in [0.2, 0.25) is 0 Å². The van der Waals surface area contributed by atoms with E-state index < -0.39 is 0 Å². The van der Waals surface area contributed by atoms with Gasteiger partial charge in [0.1, 0.15) is 0 Å². The van der Waals surface area contributed by atoms with E-state index in [2.05, 4.69) is 39.8 Å². The zero-order chi connectivity index (χ0) is 17.5. The maximum atomic E-state index is 12.4. The molecule has 7 heteroatoms. The molecule has 0 saturated carbocycles. The molecule has 5 rings (SSSR count). The summed E-state index contributed by atoms with van der Waals surface area (Å²) in [5.41, 5.74) is 4.73. The summed E-state index contributed by atoms with van der Waals surface area (Å²) in [5, 5.41) is 12.2. The number of fused-ring (bicyclic) bond motifs is 4. The Morgan fingerprint density at radius 2 is 2.04 bits per heavy atom. The Morgan fingerprint density at radius 1 is 1.15 bits per heavy atom. The van der Waals surface area contributed by atoms with Gasteiger partial charge in [-0.25, -0.2) is 0 Å². The summed E-state index contributed by atoms with van der Waals surface area (Å²) in [7, 11) is 0. The highest BCUT2D eigenvalue weighted by Gasteiger charge is 2.15. The van der Waals surface area contributed by atoms with Gasteiger partial charge in [-0.1, -0.05) is 41.3 Å². The van der Waals surface area contributed by atoms with E-state index in [1.165, 1.54) is 34.0 Å². The Balaban J connectivity index is 1.31. The molecule has 0 spiro atoms. The van der Waals surface area contributed by atoms with Crippen LogP contribution < -0.4 is 5.32 Å². The van der Waals surface area contributed by atoms with Crippen LogP contribution in [0.25, 0.3) is 15.2 Å². The maximum Gasteiger partial charge on any atom is 0.234 e. The van der Waals surface area contributed by atoms with E-state index in [0.717, 1.165) is 34.2 Å². The number of nitrogens with zero attached hydrogens (tertiary/aromatic N) is 3. The molecule has 0 saturated heterocycles. The van der Waals surface area contributed by atoms with E-state index >= 15 is 0 Å². The molecule has 0 fully saturated rings. The van der Waals surface area contributed by atoms with Gasteiger partial charge in [-0.3, -0.25) is 9.20 Å². The van der Waals surface area contributed by atoms with Crippen molar-refractivity contribution in [2.75, 3.05) is 11.1 Å². The van der Waals surface area contributed by atoms with Crippen molar-refractivity contribution in [1.82, 2.24) is 14.6 Å². The molecule has 1 aliphatic carbocycles. The van der Waals surface area contributed by atoms with Gasteiger partial charge in [-0.2, -0.15) is 0 Å². The van der Waals surface area contributed by atoms with Crippen LogP contribution in [-0.2, 0) is 17.6 Å². The van der Waals surface area contributed by atoms with Crippen LogP contribution in [0.3, 0.4) is 0 Å². The minimum absolute atomic E-state index is 0.0239. The Bertz CT molecular complexity index is 1130. The maximum absolute atomic E-state index is 12.4. The molecule has 26 heavy (non-hydrogen) atoms. The number of rotatable bonds is 4. The number of carbonyl (C=O) groups excluding carboxylic acids is 1. The van der Waals surface area contributed by atoms with Crippen LogP contribution in [0.15, 0.2) is 47.6 Å². The average molecular weight is 380 g/mol. The van der Waals surface area contributed by atoms with Crippen LogP contribution in [-0.4, -0.2) is 26.3 Å². The highest BCUT2D eigenvalue weighted by atomic mass is 32.2. The monoisotopic (exact) mass is 380 g/mol. The third kappa shape index (κ3) is 2.77. The Labute approximate surface area is 158 Å². The van der Waals surface area contributed by atoms with Crippen molar-refractivity contribution < 1.29 is 4.79 Å². The summed E-state index contributed by atoms with van der Waals surface area (Å²) < 4.78 is 3.19. The molecule has 2 heterocycles. The number of nitrogens with one attached hydrogen (secondary N) is 1. The van der Waals surface area contributed by atoms with Crippen molar-refractivity contribution in [3.8, 4) is 0 Å². The molecule has 2 aromatic heterocycles. The Morgan fingerprint density at radius 3 is 3.00 bits per heavy atom. The molecule has 0 atom stereocenters. The molecular formula is C19H16N4OS2. The fraction of sp³-hybridized carbons (Fsp3) is 0.211. The third-order valence-electron chi connectivity index (χ3n) is 4.63. The molecule has 1 amide bonds. The molecule has 0 unspecified atom stereocenters. The normalized spacial score (nSPS) is 13.4. The summed E-state index contributed by atoms with van der Waals surface area (Å²) in [5.74, 6) is 0.284. The quantitative estimate of drug-likeness (QED) is 0.540. The number of para-hydroxylation sites is 1. The summed E-state index contributed by atoms with van der Waals surface area (Å²) in [6.07, 6.45) is 3.47. The van der Waals surface area contributed by atoms with E-state index in [1.807, 2.05) is 22.6 Å². The Kier molecular flexibility index (Phi) is 3.90. The van der Waals surface area contributed by atoms with Gasteiger partial charge in [0.25, 0.3) is 0 Å². The first-order chi connectivity index (χ1) is 12.8. The number of aryl methyl sites for hydroxylation is 2. The number of amides is 1. The molecule has 1 N–H and O–H groups in total. The van der Waals surface area contributed by atoms with Crippen molar-refractivity contribution >= 4 is 49.9 Å². The fourth-order valence-electron chi connectivity index (χ4n) is 3.43. The lowest BCUT2D eigenvalue weighted by Crippen LogP contribution is -2.14. The second kappa shape index (κ2) is 6.41. The van der Waals surface area contributed by atoms with Gasteiger partial charge in [0, 0.05) is 5.69 Å². The molecular weight excluding hydrogens is 364 g/mol. The zero-order valence-corrected chi connectivity index (χ0v) is 15.6. The molecule has 0 radical (unpaired) electrons. The number of aromatic nitrogens is 3. The summed E-state index contributed by atoms with van der Waals surface area (Å²) in [6.45, 7) is 0. The van der Waals surface area contributed by atoms with E-state index in [9.17, 15) is 4.79 Å². The topological polar surface area (TPSA) is 59.3 Å². The highest BCUT2D eigenvalue weighted by molar-refractivity contribution is 7.99. The number of hydrogen-bond acceptors (Lipinski definition) is 5. The third-order valence-corrected chi connectivity index (χ3v) is 6.57. The number of thioether (sulfide) groups is 1. The minimum Gasteiger partial charge on any atom is -0.325 e. The van der Waals surface area contributed by atoms with Crippen molar-refractivity contribution in [3.05, 3.63) is 53.6 Å². The number of carbonyl (C=O) groups is 1. The van der Waals surface area contributed by atoms with Crippen LogP contribution in [0.4, 0.5) is 5.69 Å². The summed E-state index contributed by atoms with van der Waals surface area (Å²) >= 11 is 3.02. The van der Waals surface area contributed by atoms with E-state index in [4.69, 9.17) is 0 Å². The summed E-state index contributed by atoms with van der Waals surface area (Å²) in [6, 6.07) is 14.4. The van der Waals surface area contributed by atoms with Gasteiger partial charge in [-0.15, -0.1) is 10.2 Å². The molecule has 1 aliphatic rings. The van der Waals surface area contributed by atoms with Gasteiger partial charge < -0.3 is 5.32 Å². The number of benzene rings is 2. The van der Waals surface area contributed by atoms with Gasteiger partial charge in [0.2, 0.25) is 10.9 Å². The highest BCUT2D eigenvalue weighted by Crippen LogP contribution is 2.29. The van der Waals surface area contributed by atoms with Gasteiger partial charge >= 0.3 is 0 Å². The minimum atomic E-state index is -0.0239. The first-order valence-electron chi connectivity index (χ1n) is 8.55. The molecule has 130 valence electrons. The molecule has 0 aliphatic heterocycles. The number of thiazole rings is 1. The van der Waals surface area contributed by atoms with Crippen LogP contribution >= 0.6 is 23.1 Å². The molecule has 5 nitrogen and oxygen atoms in total. The number of hydrogen-bond donors (Lipinski definition) is 1. The SMILES string of the molecule is O=C(CSc1nnc2sc3ccccc3n12)Nc1ccc2c(c1)CCC2. The second-order valence-electron chi connectivity index (χ2n) is 6.34. The van der Waals surface area contributed by atoms with Crippen LogP contribution in [0.5, 0.6) is 0 Å². The lowest BCUT2D eigenvalue weighted by Gasteiger charge is -2.07. The van der Waals surface area contributed by atoms with Crippen LogP contribution in [0, 0.1) is 0 Å². The van der Waals surface area contributed by atoms with Crippen LogP contribution in [0.1, 0.15) is 17.5 Å². The van der Waals surface area contributed by atoms with Gasteiger partial charge in [0.05, 0.1) is 16.0 Å². The number of anilines is 1. The second-order valence-corrected chi connectivity index (χ2v) is 8.30. The van der Waals surface area contributed by atoms with Gasteiger partial charge in [0.15, 0.2) is 5.16 Å². The largest absolute Gasteiger partial charge is 0.325 e. The average Bonchev–Trinajstić information content (AvgIpc) is 3.34. The van der Waals surface area contributed by atoms with E-state index in [-0.39, 0.29) is 5.91 Å². The van der Waals surface area contributed by atoms with Crippen molar-refractivity contribution in [3.63, 3.8) is 0 Å². The fourth-order valence-corrected chi connectivity index (χ4v) is 5.19. The van der Waals surface area contributed by atoms with Crippen molar-refractivity contribution in [1.29, 1.82) is 0 Å². The molecule has 2 aromatic carbocycles. The molecule has 4 aromatic rings. The zero-order valence-electron chi connectivity index (χ0n) is 13.9. The lowest BCUT2D eigenvalue weighted by atomic mass is 10.1. The standard InChI is InChI=1S/C19H16N4OS2/c24-17(20-14-9-8-12-4-3-5-13(12)10-14)11-25-18-21-22-19-23(18)15-6-1-2-7-16(15)26-19/h1-2,6-10H,3-5,11H2,(H,20,24). The van der Waals surface area contributed by atoms with E-state index in [1.54, 1.807) is 11.3 Å². The molecule has 0 bridgehead atoms. The predicted octanol–water partition coefficient (Wildman–Crippen LogP) is 4.16. The van der Waals surface area contributed by atoms with Crippen molar-refractivity contribution in [2.24, 2.45) is 0 Å². The van der Waals surface area contributed by atoms with Gasteiger partial charge in [-0.05, 0) is 54.7 Å². The summed E-state index contributed by atoms with van der Waals surface area (Å²) in [4.78, 5) is 13.2. The Hall–Kier alpha value is -2.38.